The van der Waals surface area contributed by atoms with Crippen LogP contribution in [0.5, 0.6) is 0 Å². The fourth-order valence-electron chi connectivity index (χ4n) is 3.79. The molecule has 0 N–H and O–H groups in total. The van der Waals surface area contributed by atoms with Crippen molar-refractivity contribution in [3.05, 3.63) is 12.2 Å². The number of esters is 1. The Morgan fingerprint density at radius 2 is 1.39 bits per heavy atom. The van der Waals surface area contributed by atoms with Gasteiger partial charge in [-0.25, -0.2) is 0 Å². The summed E-state index contributed by atoms with van der Waals surface area (Å²) in [6.45, 7) is 2.65. The van der Waals surface area contributed by atoms with E-state index < -0.39 is 17.8 Å². The molecule has 156 valence electrons. The van der Waals surface area contributed by atoms with Crippen molar-refractivity contribution in [2.45, 2.75) is 103 Å². The van der Waals surface area contributed by atoms with Gasteiger partial charge in [-0.2, -0.15) is 0 Å². The first-order valence-corrected chi connectivity index (χ1v) is 11.2. The summed E-state index contributed by atoms with van der Waals surface area (Å²) in [7, 11) is 0. The van der Waals surface area contributed by atoms with E-state index >= 15 is 0 Å². The summed E-state index contributed by atoms with van der Waals surface area (Å²) in [5.41, 5.74) is 0. The minimum absolute atomic E-state index is 0. The minimum Gasteiger partial charge on any atom is -0.550 e. The summed E-state index contributed by atoms with van der Waals surface area (Å²) >= 11 is 0. The topological polar surface area (TPSA) is 66.4 Å². The van der Waals surface area contributed by atoms with Gasteiger partial charge in [0.25, 0.3) is 0 Å². The molecule has 0 heterocycles. The molecule has 0 aromatic heterocycles. The van der Waals surface area contributed by atoms with Gasteiger partial charge in [0.2, 0.25) is 0 Å². The van der Waals surface area contributed by atoms with Gasteiger partial charge in [0.1, 0.15) is 0 Å². The molecule has 28 heavy (non-hydrogen) atoms. The number of allylic oxidation sites excluding steroid dienone is 2. The van der Waals surface area contributed by atoms with Gasteiger partial charge in [-0.05, 0) is 51.4 Å². The van der Waals surface area contributed by atoms with Crippen LogP contribution in [0.4, 0.5) is 0 Å². The predicted molar refractivity (Wildman–Crippen MR) is 107 cm³/mol. The second-order valence-electron chi connectivity index (χ2n) is 7.86. The third kappa shape index (κ3) is 13.0. The summed E-state index contributed by atoms with van der Waals surface area (Å²) < 4.78 is 5.31. The van der Waals surface area contributed by atoms with Crippen molar-refractivity contribution in [1.29, 1.82) is 0 Å². The van der Waals surface area contributed by atoms with E-state index in [1.54, 1.807) is 0 Å². The maximum absolute atomic E-state index is 12.1. The Kier molecular flexibility index (Phi) is 18.5. The number of hydrogen-bond acceptors (Lipinski definition) is 4. The van der Waals surface area contributed by atoms with Crippen LogP contribution in [0.15, 0.2) is 12.2 Å². The average molecular weight is 403 g/mol. The summed E-state index contributed by atoms with van der Waals surface area (Å²) in [5.74, 6) is -2.62. The zero-order valence-corrected chi connectivity index (χ0v) is 20.3. The first-order chi connectivity index (χ1) is 13.2. The van der Waals surface area contributed by atoms with Crippen LogP contribution in [0, 0.1) is 11.8 Å². The van der Waals surface area contributed by atoms with Crippen LogP contribution in [0.1, 0.15) is 103 Å². The van der Waals surface area contributed by atoms with Gasteiger partial charge in [-0.1, -0.05) is 64.0 Å². The molecule has 0 spiro atoms. The number of carbonyl (C=O) groups is 2. The smallest absolute Gasteiger partial charge is 0.550 e. The summed E-state index contributed by atoms with van der Waals surface area (Å²) in [6.07, 6.45) is 20.8. The first-order valence-electron chi connectivity index (χ1n) is 11.2. The van der Waals surface area contributed by atoms with E-state index in [-0.39, 0.29) is 35.5 Å². The van der Waals surface area contributed by atoms with E-state index in [9.17, 15) is 14.7 Å². The van der Waals surface area contributed by atoms with Crippen molar-refractivity contribution < 1.29 is 49.0 Å². The van der Waals surface area contributed by atoms with Crippen molar-refractivity contribution in [3.63, 3.8) is 0 Å². The Labute approximate surface area is 194 Å². The fraction of sp³-hybridized carbons (Fsp3) is 0.826. The van der Waals surface area contributed by atoms with Gasteiger partial charge in [0.15, 0.2) is 0 Å². The Balaban J connectivity index is 0.00000729. The zero-order chi connectivity index (χ0) is 19.7. The summed E-state index contributed by atoms with van der Waals surface area (Å²) in [6, 6.07) is 0. The second-order valence-corrected chi connectivity index (χ2v) is 7.86. The van der Waals surface area contributed by atoms with Crippen molar-refractivity contribution in [3.8, 4) is 0 Å². The third-order valence-electron chi connectivity index (χ3n) is 5.52. The monoisotopic (exact) mass is 402 g/mol. The molecule has 0 aliphatic heterocycles. The SMILES string of the molecule is CCCCCCCC/C=C/CCCCCOC(=O)C1CCCCC1C(=O)[O-].[Na+]. The third-order valence-corrected chi connectivity index (χ3v) is 5.52. The van der Waals surface area contributed by atoms with Crippen molar-refractivity contribution >= 4 is 11.9 Å². The molecule has 0 amide bonds. The molecule has 2 atom stereocenters. The summed E-state index contributed by atoms with van der Waals surface area (Å²) in [4.78, 5) is 23.3. The molecule has 1 aliphatic carbocycles. The average Bonchev–Trinajstić information content (AvgIpc) is 2.68. The molecule has 1 saturated carbocycles. The number of rotatable bonds is 15. The van der Waals surface area contributed by atoms with E-state index in [2.05, 4.69) is 19.1 Å². The van der Waals surface area contributed by atoms with Crippen LogP contribution in [0.2, 0.25) is 0 Å². The Hall–Kier alpha value is -0.320. The van der Waals surface area contributed by atoms with Crippen LogP contribution in [0.3, 0.4) is 0 Å². The van der Waals surface area contributed by atoms with E-state index in [0.717, 1.165) is 38.5 Å². The number of aliphatic carboxylic acids is 1. The molecule has 0 bridgehead atoms. The standard InChI is InChI=1S/C23H40O4.Na/c1-2-3-4-5-6-7-8-9-10-11-12-13-16-19-27-23(26)21-18-15-14-17-20(21)22(24)25;/h9-10,20-21H,2-8,11-19H2,1H3,(H,24,25);/q;+1/p-1/b10-9+;. The van der Waals surface area contributed by atoms with Crippen molar-refractivity contribution in [2.24, 2.45) is 11.8 Å². The van der Waals surface area contributed by atoms with E-state index in [1.165, 1.54) is 44.9 Å². The van der Waals surface area contributed by atoms with E-state index in [0.29, 0.717) is 19.4 Å². The molecule has 1 rings (SSSR count). The molecule has 0 saturated heterocycles. The molecular formula is C23H39NaO4. The maximum atomic E-state index is 12.1. The number of ether oxygens (including phenoxy) is 1. The summed E-state index contributed by atoms with van der Waals surface area (Å²) in [5, 5.41) is 11.1. The van der Waals surface area contributed by atoms with Crippen LogP contribution in [0.25, 0.3) is 0 Å². The van der Waals surface area contributed by atoms with Crippen molar-refractivity contribution in [2.75, 3.05) is 6.61 Å². The Morgan fingerprint density at radius 1 is 0.857 bits per heavy atom. The van der Waals surface area contributed by atoms with Crippen LogP contribution in [-0.2, 0) is 14.3 Å². The number of hydrogen-bond donors (Lipinski definition) is 0. The van der Waals surface area contributed by atoms with Crippen LogP contribution in [-0.4, -0.2) is 18.5 Å². The number of carboxylic acids is 1. The van der Waals surface area contributed by atoms with Gasteiger partial charge < -0.3 is 14.6 Å². The van der Waals surface area contributed by atoms with Crippen LogP contribution >= 0.6 is 0 Å². The van der Waals surface area contributed by atoms with Gasteiger partial charge in [0, 0.05) is 11.9 Å². The normalized spacial score (nSPS) is 19.3. The molecule has 1 fully saturated rings. The molecule has 0 radical (unpaired) electrons. The molecule has 2 unspecified atom stereocenters. The second kappa shape index (κ2) is 18.7. The van der Waals surface area contributed by atoms with E-state index in [1.807, 2.05) is 0 Å². The van der Waals surface area contributed by atoms with Gasteiger partial charge in [-0.15, -0.1) is 0 Å². The van der Waals surface area contributed by atoms with Gasteiger partial charge in [-0.3, -0.25) is 4.79 Å². The number of carboxylic acid groups (broad SMARTS) is 1. The predicted octanol–water partition coefficient (Wildman–Crippen LogP) is 1.96. The van der Waals surface area contributed by atoms with Gasteiger partial charge in [0.05, 0.1) is 12.5 Å². The molecule has 5 heteroatoms. The van der Waals surface area contributed by atoms with Crippen molar-refractivity contribution in [1.82, 2.24) is 0 Å². The molecule has 4 nitrogen and oxygen atoms in total. The Bertz CT molecular complexity index is 436. The molecule has 0 aromatic carbocycles. The zero-order valence-electron chi connectivity index (χ0n) is 18.3. The minimum atomic E-state index is -1.11. The number of unbranched alkanes of at least 4 members (excludes halogenated alkanes) is 9. The number of carbonyl (C=O) groups excluding carboxylic acids is 2. The maximum Gasteiger partial charge on any atom is 1.00 e. The van der Waals surface area contributed by atoms with E-state index in [4.69, 9.17) is 4.74 Å². The Morgan fingerprint density at radius 3 is 2.00 bits per heavy atom. The largest absolute Gasteiger partial charge is 1.00 e. The fourth-order valence-corrected chi connectivity index (χ4v) is 3.79. The van der Waals surface area contributed by atoms with Crippen LogP contribution < -0.4 is 34.7 Å². The quantitative estimate of drug-likeness (QED) is 0.182. The molecule has 1 aliphatic rings. The first kappa shape index (κ1) is 27.7. The molecular weight excluding hydrogens is 363 g/mol. The van der Waals surface area contributed by atoms with Gasteiger partial charge >= 0.3 is 35.5 Å². The molecule has 0 aromatic rings.